The van der Waals surface area contributed by atoms with E-state index in [0.717, 1.165) is 6.32 Å². The van der Waals surface area contributed by atoms with E-state index in [2.05, 4.69) is 26.1 Å². The maximum absolute atomic E-state index is 5.31. The van der Waals surface area contributed by atoms with Crippen LogP contribution in [0.3, 0.4) is 0 Å². The maximum atomic E-state index is 5.31. The van der Waals surface area contributed by atoms with Crippen molar-refractivity contribution in [1.29, 1.82) is 0 Å². The molecular weight excluding hydrogens is 111 g/mol. The fraction of sp³-hybridized carbons (Fsp3) is 1.00. The van der Waals surface area contributed by atoms with Crippen LogP contribution in [0.4, 0.5) is 0 Å². The van der Waals surface area contributed by atoms with Gasteiger partial charge in [-0.25, -0.2) is 0 Å². The highest BCUT2D eigenvalue weighted by molar-refractivity contribution is 6.57. The van der Waals surface area contributed by atoms with Crippen LogP contribution < -0.4 is 11.2 Å². The second-order valence-electron chi connectivity index (χ2n) is 2.57. The van der Waals surface area contributed by atoms with Crippen molar-refractivity contribution in [3.05, 3.63) is 0 Å². The van der Waals surface area contributed by atoms with Gasteiger partial charge in [-0.2, -0.15) is 0 Å². The molecule has 0 rings (SSSR count). The molecule has 0 aliphatic heterocycles. The van der Waals surface area contributed by atoms with E-state index in [1.165, 1.54) is 6.42 Å². The summed E-state index contributed by atoms with van der Waals surface area (Å²) in [5.41, 5.74) is 0. The van der Waals surface area contributed by atoms with Gasteiger partial charge in [-0.15, -0.1) is 0 Å². The van der Waals surface area contributed by atoms with Gasteiger partial charge < -0.3 is 0 Å². The second kappa shape index (κ2) is 4.83. The molecular formula is C6H17BN2. The van der Waals surface area contributed by atoms with Gasteiger partial charge in [-0.3, -0.25) is 11.2 Å². The molecule has 2 nitrogen and oxygen atoms in total. The van der Waals surface area contributed by atoms with E-state index in [1.54, 1.807) is 0 Å². The first-order chi connectivity index (χ1) is 4.26. The van der Waals surface area contributed by atoms with Gasteiger partial charge in [0.05, 0.1) is 0 Å². The van der Waals surface area contributed by atoms with Crippen LogP contribution in [-0.4, -0.2) is 6.85 Å². The van der Waals surface area contributed by atoms with Crippen LogP contribution in [-0.2, 0) is 0 Å². The molecule has 0 saturated heterocycles. The van der Waals surface area contributed by atoms with Crippen molar-refractivity contribution in [3.8, 4) is 0 Å². The molecule has 0 spiro atoms. The van der Waals surface area contributed by atoms with E-state index >= 15 is 0 Å². The van der Waals surface area contributed by atoms with Crippen molar-refractivity contribution in [2.75, 3.05) is 0 Å². The predicted octanol–water partition coefficient (Wildman–Crippen LogP) is 1.26. The summed E-state index contributed by atoms with van der Waals surface area (Å²) in [7, 11) is 0. The lowest BCUT2D eigenvalue weighted by Gasteiger charge is -2.15. The van der Waals surface area contributed by atoms with E-state index in [0.29, 0.717) is 12.7 Å². The van der Waals surface area contributed by atoms with E-state index in [9.17, 15) is 0 Å². The van der Waals surface area contributed by atoms with Gasteiger partial charge >= 0.3 is 0 Å². The van der Waals surface area contributed by atoms with E-state index in [1.807, 2.05) is 0 Å². The molecule has 3 N–H and O–H groups in total. The third-order valence-corrected chi connectivity index (χ3v) is 1.98. The molecule has 0 heterocycles. The first-order valence-electron chi connectivity index (χ1n) is 3.72. The fourth-order valence-corrected chi connectivity index (χ4v) is 0.969. The zero-order chi connectivity index (χ0) is 7.28. The van der Waals surface area contributed by atoms with Crippen molar-refractivity contribution < 1.29 is 0 Å². The summed E-state index contributed by atoms with van der Waals surface area (Å²) >= 11 is 0. The SMILES string of the molecule is CCB(NN)C(C)CC. The zero-order valence-electron chi connectivity index (χ0n) is 6.65. The monoisotopic (exact) mass is 128 g/mol. The minimum absolute atomic E-state index is 0.495. The largest absolute Gasteiger partial charge is 0.299 e. The van der Waals surface area contributed by atoms with Crippen LogP contribution in [0.5, 0.6) is 0 Å². The van der Waals surface area contributed by atoms with Crippen LogP contribution in [0.2, 0.25) is 12.1 Å². The Kier molecular flexibility index (Phi) is 4.82. The Morgan fingerprint density at radius 3 is 2.22 bits per heavy atom. The minimum Gasteiger partial charge on any atom is -0.299 e. The summed E-state index contributed by atoms with van der Waals surface area (Å²) < 4.78 is 0. The van der Waals surface area contributed by atoms with Crippen molar-refractivity contribution in [3.63, 3.8) is 0 Å². The Morgan fingerprint density at radius 1 is 1.56 bits per heavy atom. The number of hydrogen-bond acceptors (Lipinski definition) is 2. The quantitative estimate of drug-likeness (QED) is 0.339. The van der Waals surface area contributed by atoms with Crippen LogP contribution >= 0.6 is 0 Å². The summed E-state index contributed by atoms with van der Waals surface area (Å²) in [6, 6.07) is 0. The number of hydrazine groups is 1. The lowest BCUT2D eigenvalue weighted by Crippen LogP contribution is -2.41. The fourth-order valence-electron chi connectivity index (χ4n) is 0.969. The highest BCUT2D eigenvalue weighted by atomic mass is 15.2. The Balaban J connectivity index is 3.50. The van der Waals surface area contributed by atoms with E-state index < -0.39 is 0 Å². The van der Waals surface area contributed by atoms with Gasteiger partial charge in [-0.1, -0.05) is 33.5 Å². The third-order valence-electron chi connectivity index (χ3n) is 1.98. The topological polar surface area (TPSA) is 38.0 Å². The number of hydrogen-bond donors (Lipinski definition) is 2. The maximum Gasteiger partial charge on any atom is 0.239 e. The molecule has 0 amide bonds. The van der Waals surface area contributed by atoms with E-state index in [4.69, 9.17) is 5.84 Å². The smallest absolute Gasteiger partial charge is 0.239 e. The van der Waals surface area contributed by atoms with Crippen molar-refractivity contribution >= 4 is 6.85 Å². The normalized spacial score (nSPS) is 13.3. The van der Waals surface area contributed by atoms with Crippen molar-refractivity contribution in [2.45, 2.75) is 39.3 Å². The molecule has 0 saturated carbocycles. The molecule has 3 heteroatoms. The number of nitrogens with one attached hydrogen (secondary N) is 1. The van der Waals surface area contributed by atoms with Crippen LogP contribution in [0.15, 0.2) is 0 Å². The zero-order valence-corrected chi connectivity index (χ0v) is 6.65. The lowest BCUT2D eigenvalue weighted by molar-refractivity contribution is 0.815. The number of nitrogens with two attached hydrogens (primary N) is 1. The molecule has 0 bridgehead atoms. The minimum atomic E-state index is 0.495. The highest BCUT2D eigenvalue weighted by Gasteiger charge is 2.15. The van der Waals surface area contributed by atoms with E-state index in [-0.39, 0.29) is 0 Å². The molecule has 54 valence electrons. The molecule has 0 aromatic rings. The number of rotatable bonds is 4. The summed E-state index contributed by atoms with van der Waals surface area (Å²) in [5, 5.41) is 2.80. The third kappa shape index (κ3) is 2.87. The molecule has 9 heavy (non-hydrogen) atoms. The van der Waals surface area contributed by atoms with Gasteiger partial charge in [0.1, 0.15) is 0 Å². The highest BCUT2D eigenvalue weighted by Crippen LogP contribution is 2.12. The Bertz CT molecular complexity index is 64.1. The molecule has 0 radical (unpaired) electrons. The molecule has 0 aliphatic rings. The predicted molar refractivity (Wildman–Crippen MR) is 43.3 cm³/mol. The summed E-state index contributed by atoms with van der Waals surface area (Å²) in [6.07, 6.45) is 2.31. The van der Waals surface area contributed by atoms with Crippen LogP contribution in [0.1, 0.15) is 27.2 Å². The summed E-state index contributed by atoms with van der Waals surface area (Å²) in [4.78, 5) is 0. The van der Waals surface area contributed by atoms with Gasteiger partial charge in [0.15, 0.2) is 0 Å². The molecule has 0 aromatic heterocycles. The van der Waals surface area contributed by atoms with Gasteiger partial charge in [-0.05, 0) is 5.82 Å². The summed E-state index contributed by atoms with van der Waals surface area (Å²) in [6.45, 7) is 7.05. The Morgan fingerprint density at radius 2 is 2.11 bits per heavy atom. The molecule has 1 unspecified atom stereocenters. The van der Waals surface area contributed by atoms with Crippen LogP contribution in [0, 0.1) is 0 Å². The first-order valence-corrected chi connectivity index (χ1v) is 3.72. The molecule has 1 atom stereocenters. The molecule has 0 aromatic carbocycles. The average molecular weight is 128 g/mol. The van der Waals surface area contributed by atoms with Gasteiger partial charge in [0, 0.05) is 0 Å². The molecule has 0 aliphatic carbocycles. The van der Waals surface area contributed by atoms with Gasteiger partial charge in [0.25, 0.3) is 0 Å². The van der Waals surface area contributed by atoms with Crippen LogP contribution in [0.25, 0.3) is 0 Å². The van der Waals surface area contributed by atoms with Gasteiger partial charge in [0.2, 0.25) is 6.85 Å². The second-order valence-corrected chi connectivity index (χ2v) is 2.57. The Labute approximate surface area is 58.3 Å². The van der Waals surface area contributed by atoms with Crippen molar-refractivity contribution in [2.24, 2.45) is 5.84 Å². The first kappa shape index (κ1) is 8.98. The molecule has 0 fully saturated rings. The lowest BCUT2D eigenvalue weighted by atomic mass is 9.50. The van der Waals surface area contributed by atoms with Crippen molar-refractivity contribution in [1.82, 2.24) is 5.34 Å². The summed E-state index contributed by atoms with van der Waals surface area (Å²) in [5.74, 6) is 6.00. The Hall–Kier alpha value is -0.0151. The average Bonchev–Trinajstić information content (AvgIpc) is 1.90. The standard InChI is InChI=1S/C6H17BN2/c1-4-6(3)7(5-2)9-8/h6,9H,4-5,8H2,1-3H3.